The molecular formula is H7CaFO2. The standard InChI is InChI=1S/Ca.FH.2H2O.2H/h;1H;2*1H2;;/q+2;;;;2*-1. The summed E-state index contributed by atoms with van der Waals surface area (Å²) in [7, 11) is 0. The molecule has 0 rings (SSSR count). The third kappa shape index (κ3) is 11.2. The van der Waals surface area contributed by atoms with Crippen molar-refractivity contribution in [2.45, 2.75) is 0 Å². The van der Waals surface area contributed by atoms with E-state index in [2.05, 4.69) is 0 Å². The summed E-state index contributed by atoms with van der Waals surface area (Å²) < 4.78 is 0. The molecule has 0 heterocycles. The van der Waals surface area contributed by atoms with Crippen LogP contribution in [-0.2, 0) is 0 Å². The molecular weight excluding hydrogens is 91.1 g/mol. The average molecular weight is 98.1 g/mol. The van der Waals surface area contributed by atoms with E-state index in [0.29, 0.717) is 0 Å². The second-order valence-corrected chi connectivity index (χ2v) is 0. The van der Waals surface area contributed by atoms with Crippen LogP contribution in [0.2, 0.25) is 0 Å². The van der Waals surface area contributed by atoms with E-state index in [9.17, 15) is 0 Å². The van der Waals surface area contributed by atoms with E-state index in [0.717, 1.165) is 0 Å². The molecule has 0 saturated carbocycles. The maximum Gasteiger partial charge on any atom is 2.00 e. The predicted octanol–water partition coefficient (Wildman–Crippen LogP) is -1.65. The van der Waals surface area contributed by atoms with Crippen molar-refractivity contribution < 1.29 is 18.5 Å². The minimum atomic E-state index is 0. The molecule has 2 nitrogen and oxygen atoms in total. The second-order valence-electron chi connectivity index (χ2n) is 0. The molecule has 0 aliphatic rings. The Morgan fingerprint density at radius 2 is 1.00 bits per heavy atom. The van der Waals surface area contributed by atoms with Gasteiger partial charge in [0.05, 0.1) is 0 Å². The normalized spacial score (nSPS) is 0. The Morgan fingerprint density at radius 1 is 1.00 bits per heavy atom. The zero-order chi connectivity index (χ0) is 0. The summed E-state index contributed by atoms with van der Waals surface area (Å²) in [4.78, 5) is 0. The van der Waals surface area contributed by atoms with Crippen molar-refractivity contribution in [1.82, 2.24) is 0 Å². The summed E-state index contributed by atoms with van der Waals surface area (Å²) in [5.74, 6) is 0. The molecule has 0 aliphatic heterocycles. The van der Waals surface area contributed by atoms with Gasteiger partial charge in [-0.15, -0.1) is 0 Å². The summed E-state index contributed by atoms with van der Waals surface area (Å²) in [6.45, 7) is 0. The Balaban J connectivity index is 0. The van der Waals surface area contributed by atoms with E-state index in [1.54, 1.807) is 0 Å². The monoisotopic (exact) mass is 98.0 g/mol. The predicted molar refractivity (Wildman–Crippen MR) is 17.7 cm³/mol. The third-order valence-corrected chi connectivity index (χ3v) is 0. The number of halogens is 1. The van der Waals surface area contributed by atoms with Crippen molar-refractivity contribution in [3.63, 3.8) is 0 Å². The maximum atomic E-state index is 0. The molecule has 4 heavy (non-hydrogen) atoms. The fraction of sp³-hybridized carbons (Fsp3) is 0. The van der Waals surface area contributed by atoms with Crippen LogP contribution in [0.15, 0.2) is 0 Å². The first-order chi connectivity index (χ1) is 0. The molecule has 0 aliphatic carbocycles. The van der Waals surface area contributed by atoms with Gasteiger partial charge in [-0.25, -0.2) is 0 Å². The van der Waals surface area contributed by atoms with Crippen LogP contribution in [0.4, 0.5) is 4.70 Å². The number of hydrogen-bond acceptors (Lipinski definition) is 0. The fourth-order valence-electron chi connectivity index (χ4n) is 0. The minimum absolute atomic E-state index is 0. The molecule has 0 bridgehead atoms. The number of rotatable bonds is 0. The van der Waals surface area contributed by atoms with E-state index in [-0.39, 0.29) is 56.2 Å². The van der Waals surface area contributed by atoms with E-state index in [4.69, 9.17) is 0 Å². The molecule has 0 aromatic rings. The van der Waals surface area contributed by atoms with Crippen molar-refractivity contribution in [2.75, 3.05) is 0 Å². The Labute approximate surface area is 56.1 Å². The molecule has 0 spiro atoms. The first kappa shape index (κ1) is 70.1. The van der Waals surface area contributed by atoms with Gasteiger partial charge in [-0.05, 0) is 0 Å². The van der Waals surface area contributed by atoms with Gasteiger partial charge in [0, 0.05) is 0 Å². The van der Waals surface area contributed by atoms with Crippen molar-refractivity contribution in [3.8, 4) is 0 Å². The van der Waals surface area contributed by atoms with Crippen LogP contribution in [0.1, 0.15) is 2.85 Å². The Kier molecular flexibility index (Phi) is 565. The Bertz CT molecular complexity index is 11.5. The summed E-state index contributed by atoms with van der Waals surface area (Å²) in [5.41, 5.74) is 0. The quantitative estimate of drug-likeness (QED) is 0.326. The van der Waals surface area contributed by atoms with Gasteiger partial charge in [0.25, 0.3) is 0 Å². The van der Waals surface area contributed by atoms with Gasteiger partial charge in [-0.1, -0.05) is 0 Å². The van der Waals surface area contributed by atoms with E-state index in [1.807, 2.05) is 0 Å². The molecule has 4 heteroatoms. The van der Waals surface area contributed by atoms with Gasteiger partial charge in [0.15, 0.2) is 0 Å². The largest absolute Gasteiger partial charge is 2.00 e. The first-order valence-electron chi connectivity index (χ1n) is 0. The molecule has 0 atom stereocenters. The number of hydrogen-bond donors (Lipinski definition) is 0. The van der Waals surface area contributed by atoms with Crippen molar-refractivity contribution in [2.24, 2.45) is 0 Å². The van der Waals surface area contributed by atoms with E-state index >= 15 is 0 Å². The van der Waals surface area contributed by atoms with Crippen LogP contribution >= 0.6 is 0 Å². The zero-order valence-corrected chi connectivity index (χ0v) is 4.32. The first-order valence-corrected chi connectivity index (χ1v) is 0. The smallest absolute Gasteiger partial charge is 1.00 e. The molecule has 0 aromatic heterocycles. The molecule has 28 valence electrons. The van der Waals surface area contributed by atoms with Crippen molar-refractivity contribution in [3.05, 3.63) is 0 Å². The summed E-state index contributed by atoms with van der Waals surface area (Å²) in [5, 5.41) is 0. The molecule has 0 amide bonds. The van der Waals surface area contributed by atoms with Crippen LogP contribution in [0.3, 0.4) is 0 Å². The van der Waals surface area contributed by atoms with Crippen molar-refractivity contribution in [1.29, 1.82) is 0 Å². The average Bonchev–Trinajstić information content (AvgIpc) is 0. The van der Waals surface area contributed by atoms with Crippen LogP contribution in [0.25, 0.3) is 0 Å². The van der Waals surface area contributed by atoms with Crippen LogP contribution in [0, 0.1) is 0 Å². The van der Waals surface area contributed by atoms with Gasteiger partial charge in [-0.3, -0.25) is 4.70 Å². The van der Waals surface area contributed by atoms with Crippen LogP contribution in [-0.4, -0.2) is 48.7 Å². The third-order valence-electron chi connectivity index (χ3n) is 0. The maximum absolute atomic E-state index is 0. The molecule has 4 N–H and O–H groups in total. The zero-order valence-electron chi connectivity index (χ0n) is 4.12. The van der Waals surface area contributed by atoms with Gasteiger partial charge in [0.2, 0.25) is 0 Å². The van der Waals surface area contributed by atoms with E-state index < -0.39 is 0 Å². The Morgan fingerprint density at radius 3 is 1.00 bits per heavy atom. The summed E-state index contributed by atoms with van der Waals surface area (Å²) in [6.07, 6.45) is 0. The molecule has 0 radical (unpaired) electrons. The SMILES string of the molecule is F.O.O.[Ca+2].[H-].[H-]. The fourth-order valence-corrected chi connectivity index (χ4v) is 0. The van der Waals surface area contributed by atoms with E-state index in [1.165, 1.54) is 0 Å². The minimum Gasteiger partial charge on any atom is -1.00 e. The second kappa shape index (κ2) is 32.3. The van der Waals surface area contributed by atoms with Crippen LogP contribution < -0.4 is 0 Å². The van der Waals surface area contributed by atoms with Gasteiger partial charge in [0.1, 0.15) is 0 Å². The summed E-state index contributed by atoms with van der Waals surface area (Å²) in [6, 6.07) is 0. The molecule has 0 aromatic carbocycles. The van der Waals surface area contributed by atoms with Crippen molar-refractivity contribution >= 4 is 37.7 Å². The topological polar surface area (TPSA) is 63.0 Å². The van der Waals surface area contributed by atoms with Gasteiger partial charge in [-0.2, -0.15) is 0 Å². The molecule has 0 fully saturated rings. The Hall–Kier alpha value is 1.11. The summed E-state index contributed by atoms with van der Waals surface area (Å²) >= 11 is 0. The van der Waals surface area contributed by atoms with Crippen LogP contribution in [0.5, 0.6) is 0 Å². The molecule has 0 saturated heterocycles. The van der Waals surface area contributed by atoms with Gasteiger partial charge >= 0.3 is 37.7 Å². The van der Waals surface area contributed by atoms with Gasteiger partial charge < -0.3 is 13.8 Å². The molecule has 0 unspecified atom stereocenters.